The molecule has 1 saturated heterocycles. The Balaban J connectivity index is 1.93. The molecule has 2 heterocycles. The molecule has 1 unspecified atom stereocenters. The lowest BCUT2D eigenvalue weighted by molar-refractivity contribution is 0.0408. The van der Waals surface area contributed by atoms with Gasteiger partial charge in [-0.1, -0.05) is 0 Å². The number of morpholine rings is 1. The molecular formula is C8H12N3O. The number of aliphatic imine (C=N–C) groups is 1. The van der Waals surface area contributed by atoms with Crippen molar-refractivity contribution < 1.29 is 4.74 Å². The second-order valence-electron chi connectivity index (χ2n) is 2.75. The molecule has 0 aromatic heterocycles. The third-order valence-electron chi connectivity index (χ3n) is 1.90. The average molecular weight is 166 g/mol. The molecule has 12 heavy (non-hydrogen) atoms. The van der Waals surface area contributed by atoms with Crippen LogP contribution >= 0.6 is 0 Å². The zero-order valence-electron chi connectivity index (χ0n) is 6.79. The minimum absolute atomic E-state index is 0.119. The molecule has 0 spiro atoms. The molecule has 2 aliphatic rings. The first-order valence-electron chi connectivity index (χ1n) is 4.11. The second-order valence-corrected chi connectivity index (χ2v) is 2.75. The first-order valence-corrected chi connectivity index (χ1v) is 4.11. The topological polar surface area (TPSA) is 45.6 Å². The predicted octanol–water partition coefficient (Wildman–Crippen LogP) is -0.348. The van der Waals surface area contributed by atoms with Crippen molar-refractivity contribution >= 4 is 6.34 Å². The van der Waals surface area contributed by atoms with Crippen LogP contribution in [0.4, 0.5) is 0 Å². The van der Waals surface area contributed by atoms with Crippen LogP contribution in [0.1, 0.15) is 0 Å². The molecule has 65 valence electrons. The van der Waals surface area contributed by atoms with E-state index in [1.165, 1.54) is 0 Å². The molecule has 1 atom stereocenters. The third-order valence-corrected chi connectivity index (χ3v) is 1.90. The summed E-state index contributed by atoms with van der Waals surface area (Å²) >= 11 is 0. The Bertz CT molecular complexity index is 184. The molecule has 2 N–H and O–H groups in total. The van der Waals surface area contributed by atoms with Crippen LogP contribution in [0.3, 0.4) is 0 Å². The molecule has 2 aliphatic heterocycles. The van der Waals surface area contributed by atoms with E-state index in [4.69, 9.17) is 4.74 Å². The van der Waals surface area contributed by atoms with Gasteiger partial charge in [0.2, 0.25) is 0 Å². The van der Waals surface area contributed by atoms with Crippen molar-refractivity contribution in [3.8, 4) is 0 Å². The number of nitrogens with zero attached hydrogens (tertiary/aromatic N) is 1. The lowest BCUT2D eigenvalue weighted by atomic mass is 10.1. The summed E-state index contributed by atoms with van der Waals surface area (Å²) in [5.74, 6) is 0. The van der Waals surface area contributed by atoms with Gasteiger partial charge in [-0.25, -0.2) is 0 Å². The van der Waals surface area contributed by atoms with E-state index in [0.717, 1.165) is 25.7 Å². The van der Waals surface area contributed by atoms with E-state index in [0.29, 0.717) is 0 Å². The molecule has 0 bridgehead atoms. The SMILES string of the molecule is C1=C[C](C2CNCCO2)N=CN1. The van der Waals surface area contributed by atoms with Crippen molar-refractivity contribution in [2.75, 3.05) is 19.7 Å². The third kappa shape index (κ3) is 1.65. The van der Waals surface area contributed by atoms with Gasteiger partial charge in [-0.05, 0) is 6.08 Å². The summed E-state index contributed by atoms with van der Waals surface area (Å²) in [5, 5.41) is 6.14. The fourth-order valence-electron chi connectivity index (χ4n) is 1.28. The molecule has 4 heteroatoms. The van der Waals surface area contributed by atoms with Gasteiger partial charge < -0.3 is 15.4 Å². The zero-order valence-corrected chi connectivity index (χ0v) is 6.79. The summed E-state index contributed by atoms with van der Waals surface area (Å²) in [5.41, 5.74) is 0. The maximum atomic E-state index is 5.53. The molecule has 4 nitrogen and oxygen atoms in total. The summed E-state index contributed by atoms with van der Waals surface area (Å²) in [6.07, 6.45) is 5.60. The lowest BCUT2D eigenvalue weighted by Gasteiger charge is -2.26. The Morgan fingerprint density at radius 1 is 1.58 bits per heavy atom. The van der Waals surface area contributed by atoms with Crippen LogP contribution in [-0.4, -0.2) is 32.1 Å². The molecule has 0 aromatic carbocycles. The number of ether oxygens (including phenoxy) is 1. The maximum absolute atomic E-state index is 5.53. The predicted molar refractivity (Wildman–Crippen MR) is 46.6 cm³/mol. The van der Waals surface area contributed by atoms with E-state index in [9.17, 15) is 0 Å². The summed E-state index contributed by atoms with van der Waals surface area (Å²) in [6.45, 7) is 2.57. The van der Waals surface area contributed by atoms with Gasteiger partial charge in [-0.15, -0.1) is 0 Å². The largest absolute Gasteiger partial charge is 0.373 e. The standard InChI is InChI=1S/C8H12N3O/c1-2-10-6-11-7(1)8-5-9-3-4-12-8/h1-2,6,8-9H,3-5H2,(H,10,11). The highest BCUT2D eigenvalue weighted by Crippen LogP contribution is 2.15. The van der Waals surface area contributed by atoms with Gasteiger partial charge >= 0.3 is 0 Å². The molecule has 1 fully saturated rings. The van der Waals surface area contributed by atoms with Gasteiger partial charge in [-0.3, -0.25) is 4.99 Å². The van der Waals surface area contributed by atoms with E-state index in [1.807, 2.05) is 12.3 Å². The van der Waals surface area contributed by atoms with Crippen LogP contribution in [0.5, 0.6) is 0 Å². The van der Waals surface area contributed by atoms with Crippen molar-refractivity contribution in [2.45, 2.75) is 6.10 Å². The molecular weight excluding hydrogens is 154 g/mol. The van der Waals surface area contributed by atoms with Crippen molar-refractivity contribution in [1.29, 1.82) is 0 Å². The highest BCUT2D eigenvalue weighted by atomic mass is 16.5. The average Bonchev–Trinajstić information content (AvgIpc) is 2.21. The normalized spacial score (nSPS) is 30.2. The number of nitrogens with one attached hydrogen (secondary N) is 2. The minimum atomic E-state index is 0.119. The number of rotatable bonds is 1. The smallest absolute Gasteiger partial charge is 0.141 e. The molecule has 0 amide bonds. The Morgan fingerprint density at radius 3 is 3.25 bits per heavy atom. The summed E-state index contributed by atoms with van der Waals surface area (Å²) in [7, 11) is 0. The molecule has 0 aromatic rings. The van der Waals surface area contributed by atoms with Gasteiger partial charge in [0.05, 0.1) is 12.9 Å². The Labute approximate surface area is 71.7 Å². The lowest BCUT2D eigenvalue weighted by Crippen LogP contribution is -2.41. The highest BCUT2D eigenvalue weighted by Gasteiger charge is 2.23. The van der Waals surface area contributed by atoms with Gasteiger partial charge in [0.1, 0.15) is 12.1 Å². The number of hydrogen-bond donors (Lipinski definition) is 2. The molecule has 2 rings (SSSR count). The molecule has 0 saturated carbocycles. The fraction of sp³-hybridized carbons (Fsp3) is 0.500. The Kier molecular flexibility index (Phi) is 2.39. The fourth-order valence-corrected chi connectivity index (χ4v) is 1.28. The van der Waals surface area contributed by atoms with Crippen LogP contribution in [0, 0.1) is 6.04 Å². The van der Waals surface area contributed by atoms with Crippen molar-refractivity contribution in [3.05, 3.63) is 18.3 Å². The summed E-state index contributed by atoms with van der Waals surface area (Å²) < 4.78 is 5.53. The Hall–Kier alpha value is -0.870. The summed E-state index contributed by atoms with van der Waals surface area (Å²) in [6, 6.07) is 0.987. The van der Waals surface area contributed by atoms with Crippen molar-refractivity contribution in [1.82, 2.24) is 10.6 Å². The van der Waals surface area contributed by atoms with E-state index in [1.54, 1.807) is 6.34 Å². The number of hydrogen-bond acceptors (Lipinski definition) is 4. The van der Waals surface area contributed by atoms with Crippen LogP contribution in [-0.2, 0) is 4.74 Å². The molecule has 1 radical (unpaired) electrons. The second kappa shape index (κ2) is 3.69. The monoisotopic (exact) mass is 166 g/mol. The van der Waals surface area contributed by atoms with Gasteiger partial charge in [0, 0.05) is 19.3 Å². The van der Waals surface area contributed by atoms with Crippen LogP contribution in [0.2, 0.25) is 0 Å². The zero-order chi connectivity index (χ0) is 8.23. The van der Waals surface area contributed by atoms with E-state index in [-0.39, 0.29) is 6.10 Å². The highest BCUT2D eigenvalue weighted by molar-refractivity contribution is 5.60. The Morgan fingerprint density at radius 2 is 2.58 bits per heavy atom. The van der Waals surface area contributed by atoms with Crippen LogP contribution in [0.25, 0.3) is 0 Å². The van der Waals surface area contributed by atoms with E-state index >= 15 is 0 Å². The van der Waals surface area contributed by atoms with Gasteiger partial charge in [0.25, 0.3) is 0 Å². The molecule has 0 aliphatic carbocycles. The minimum Gasteiger partial charge on any atom is -0.373 e. The summed E-state index contributed by atoms with van der Waals surface area (Å²) in [4.78, 5) is 4.18. The quantitative estimate of drug-likeness (QED) is 0.560. The maximum Gasteiger partial charge on any atom is 0.141 e. The van der Waals surface area contributed by atoms with Crippen molar-refractivity contribution in [3.63, 3.8) is 0 Å². The van der Waals surface area contributed by atoms with Gasteiger partial charge in [-0.2, -0.15) is 0 Å². The first kappa shape index (κ1) is 7.76. The van der Waals surface area contributed by atoms with Gasteiger partial charge in [0.15, 0.2) is 0 Å². The van der Waals surface area contributed by atoms with Crippen LogP contribution < -0.4 is 10.6 Å². The van der Waals surface area contributed by atoms with Crippen molar-refractivity contribution in [2.24, 2.45) is 4.99 Å². The van der Waals surface area contributed by atoms with E-state index < -0.39 is 0 Å². The first-order chi connectivity index (χ1) is 5.97. The van der Waals surface area contributed by atoms with E-state index in [2.05, 4.69) is 15.6 Å². The van der Waals surface area contributed by atoms with Crippen LogP contribution in [0.15, 0.2) is 17.3 Å².